The molecular weight excluding hydrogens is 124 g/mol. The molecule has 0 aromatic carbocycles. The molecule has 0 aromatic heterocycles. The predicted octanol–water partition coefficient (Wildman–Crippen LogP) is 2.40. The molecule has 0 heterocycles. The minimum absolute atomic E-state index is 0.383. The summed E-state index contributed by atoms with van der Waals surface area (Å²) in [5, 5.41) is 0. The minimum Gasteiger partial charge on any atom is -0.300 e. The van der Waals surface area contributed by atoms with E-state index in [-0.39, 0.29) is 0 Å². The molecule has 2 unspecified atom stereocenters. The molecule has 1 aliphatic rings. The van der Waals surface area contributed by atoms with Crippen LogP contribution in [0.25, 0.3) is 0 Å². The second-order valence-corrected chi connectivity index (χ2v) is 3.48. The molecule has 0 amide bonds. The van der Waals surface area contributed by atoms with Crippen molar-refractivity contribution in [1.29, 1.82) is 0 Å². The van der Waals surface area contributed by atoms with Crippen LogP contribution >= 0.6 is 0 Å². The molecule has 2 atom stereocenters. The van der Waals surface area contributed by atoms with Crippen LogP contribution in [0, 0.1) is 11.8 Å². The first-order valence-electron chi connectivity index (χ1n) is 4.22. The number of carbonyl (C=O) groups excluding carboxylic acids is 1. The van der Waals surface area contributed by atoms with Gasteiger partial charge in [-0.2, -0.15) is 0 Å². The zero-order chi connectivity index (χ0) is 7.56. The summed E-state index contributed by atoms with van der Waals surface area (Å²) in [5.41, 5.74) is 0. The van der Waals surface area contributed by atoms with Crippen LogP contribution in [0.15, 0.2) is 0 Å². The number of hydrogen-bond acceptors (Lipinski definition) is 1. The number of ketones is 1. The van der Waals surface area contributed by atoms with Crippen LogP contribution in [0.4, 0.5) is 0 Å². The van der Waals surface area contributed by atoms with Crippen molar-refractivity contribution < 1.29 is 4.79 Å². The van der Waals surface area contributed by atoms with E-state index >= 15 is 0 Å². The van der Waals surface area contributed by atoms with Gasteiger partial charge in [-0.15, -0.1) is 0 Å². The molecule has 0 spiro atoms. The highest BCUT2D eigenvalue weighted by atomic mass is 16.1. The van der Waals surface area contributed by atoms with Crippen molar-refractivity contribution in [3.8, 4) is 0 Å². The molecule has 58 valence electrons. The van der Waals surface area contributed by atoms with Gasteiger partial charge in [0.25, 0.3) is 0 Å². The molecule has 1 fully saturated rings. The van der Waals surface area contributed by atoms with E-state index in [1.807, 2.05) is 0 Å². The highest BCUT2D eigenvalue weighted by Crippen LogP contribution is 2.29. The first-order valence-corrected chi connectivity index (χ1v) is 4.22. The molecule has 0 saturated heterocycles. The van der Waals surface area contributed by atoms with E-state index in [2.05, 4.69) is 6.92 Å². The molecule has 0 N–H and O–H groups in total. The van der Waals surface area contributed by atoms with Gasteiger partial charge in [-0.1, -0.05) is 26.2 Å². The van der Waals surface area contributed by atoms with Crippen molar-refractivity contribution in [1.82, 2.24) is 0 Å². The molecule has 1 saturated carbocycles. The van der Waals surface area contributed by atoms with E-state index in [9.17, 15) is 4.79 Å². The van der Waals surface area contributed by atoms with Gasteiger partial charge in [-0.25, -0.2) is 0 Å². The number of carbonyl (C=O) groups is 1. The Hall–Kier alpha value is -0.330. The molecule has 1 nitrogen and oxygen atoms in total. The fourth-order valence-corrected chi connectivity index (χ4v) is 1.92. The smallest absolute Gasteiger partial charge is 0.133 e. The maximum Gasteiger partial charge on any atom is 0.133 e. The molecule has 0 radical (unpaired) electrons. The fraction of sp³-hybridized carbons (Fsp3) is 0.889. The Morgan fingerprint density at radius 2 is 1.90 bits per heavy atom. The van der Waals surface area contributed by atoms with Crippen LogP contribution < -0.4 is 0 Å². The lowest BCUT2D eigenvalue weighted by atomic mass is 9.78. The second kappa shape index (κ2) is 3.18. The SMILES string of the molecule is CC(=O)C1CCCCC1C. The van der Waals surface area contributed by atoms with Crippen LogP contribution in [0.1, 0.15) is 39.5 Å². The van der Waals surface area contributed by atoms with Crippen molar-refractivity contribution in [3.63, 3.8) is 0 Å². The topological polar surface area (TPSA) is 17.1 Å². The van der Waals surface area contributed by atoms with Crippen molar-refractivity contribution in [3.05, 3.63) is 0 Å². The molecule has 1 rings (SSSR count). The average molecular weight is 140 g/mol. The highest BCUT2D eigenvalue weighted by Gasteiger charge is 2.24. The first-order chi connectivity index (χ1) is 4.72. The predicted molar refractivity (Wildman–Crippen MR) is 41.8 cm³/mol. The highest BCUT2D eigenvalue weighted by molar-refractivity contribution is 5.78. The van der Waals surface area contributed by atoms with Gasteiger partial charge < -0.3 is 0 Å². The largest absolute Gasteiger partial charge is 0.300 e. The molecule has 0 aromatic rings. The van der Waals surface area contributed by atoms with Crippen LogP contribution in [-0.2, 0) is 4.79 Å². The van der Waals surface area contributed by atoms with E-state index in [4.69, 9.17) is 0 Å². The van der Waals surface area contributed by atoms with Gasteiger partial charge in [0, 0.05) is 5.92 Å². The number of rotatable bonds is 1. The Kier molecular flexibility index (Phi) is 2.47. The normalized spacial score (nSPS) is 33.8. The molecule has 1 heteroatoms. The maximum atomic E-state index is 11.0. The van der Waals surface area contributed by atoms with Gasteiger partial charge in [0.2, 0.25) is 0 Å². The Balaban J connectivity index is 2.47. The summed E-state index contributed by atoms with van der Waals surface area (Å²) >= 11 is 0. The van der Waals surface area contributed by atoms with E-state index in [0.717, 1.165) is 6.42 Å². The summed E-state index contributed by atoms with van der Waals surface area (Å²) in [5.74, 6) is 1.42. The third-order valence-corrected chi connectivity index (χ3v) is 2.63. The molecule has 1 aliphatic carbocycles. The van der Waals surface area contributed by atoms with Crippen LogP contribution in [0.5, 0.6) is 0 Å². The third-order valence-electron chi connectivity index (χ3n) is 2.63. The first kappa shape index (κ1) is 7.77. The van der Waals surface area contributed by atoms with E-state index in [1.54, 1.807) is 6.92 Å². The van der Waals surface area contributed by atoms with Crippen molar-refractivity contribution in [2.75, 3.05) is 0 Å². The van der Waals surface area contributed by atoms with Crippen LogP contribution in [0.2, 0.25) is 0 Å². The third kappa shape index (κ3) is 1.59. The zero-order valence-electron chi connectivity index (χ0n) is 6.89. The second-order valence-electron chi connectivity index (χ2n) is 3.48. The van der Waals surface area contributed by atoms with Crippen LogP contribution in [-0.4, -0.2) is 5.78 Å². The van der Waals surface area contributed by atoms with E-state index in [0.29, 0.717) is 17.6 Å². The summed E-state index contributed by atoms with van der Waals surface area (Å²) in [6.07, 6.45) is 4.97. The van der Waals surface area contributed by atoms with E-state index in [1.165, 1.54) is 19.3 Å². The molecular formula is C9H16O. The van der Waals surface area contributed by atoms with Crippen molar-refractivity contribution >= 4 is 5.78 Å². The van der Waals surface area contributed by atoms with Crippen molar-refractivity contribution in [2.24, 2.45) is 11.8 Å². The molecule has 10 heavy (non-hydrogen) atoms. The lowest BCUT2D eigenvalue weighted by molar-refractivity contribution is -0.123. The minimum atomic E-state index is 0.383. The Labute approximate surface area is 62.8 Å². The summed E-state index contributed by atoms with van der Waals surface area (Å²) < 4.78 is 0. The van der Waals surface area contributed by atoms with Crippen molar-refractivity contribution in [2.45, 2.75) is 39.5 Å². The van der Waals surface area contributed by atoms with Gasteiger partial charge in [0.1, 0.15) is 5.78 Å². The van der Waals surface area contributed by atoms with E-state index < -0.39 is 0 Å². The number of Topliss-reactive ketones (excluding diaryl/α,β-unsaturated/α-hetero) is 1. The number of hydrogen-bond donors (Lipinski definition) is 0. The maximum absolute atomic E-state index is 11.0. The zero-order valence-corrected chi connectivity index (χ0v) is 6.89. The summed E-state index contributed by atoms with van der Waals surface area (Å²) in [7, 11) is 0. The lowest BCUT2D eigenvalue weighted by Gasteiger charge is -2.26. The lowest BCUT2D eigenvalue weighted by Crippen LogP contribution is -2.22. The van der Waals surface area contributed by atoms with Gasteiger partial charge in [0.15, 0.2) is 0 Å². The fourth-order valence-electron chi connectivity index (χ4n) is 1.92. The summed E-state index contributed by atoms with van der Waals surface area (Å²) in [6, 6.07) is 0. The standard InChI is InChI=1S/C9H16O/c1-7-5-3-4-6-9(7)8(2)10/h7,9H,3-6H2,1-2H3. The molecule has 0 bridgehead atoms. The Morgan fingerprint density at radius 1 is 1.30 bits per heavy atom. The van der Waals surface area contributed by atoms with Gasteiger partial charge in [0.05, 0.1) is 0 Å². The van der Waals surface area contributed by atoms with Gasteiger partial charge in [-0.3, -0.25) is 4.79 Å². The Bertz CT molecular complexity index is 129. The summed E-state index contributed by atoms with van der Waals surface area (Å²) in [4.78, 5) is 11.0. The van der Waals surface area contributed by atoms with Gasteiger partial charge in [-0.05, 0) is 19.3 Å². The quantitative estimate of drug-likeness (QED) is 0.546. The van der Waals surface area contributed by atoms with Gasteiger partial charge >= 0.3 is 0 Å². The average Bonchev–Trinajstić information content (AvgIpc) is 1.88. The Morgan fingerprint density at radius 3 is 2.30 bits per heavy atom. The monoisotopic (exact) mass is 140 g/mol. The molecule has 0 aliphatic heterocycles. The summed E-state index contributed by atoms with van der Waals surface area (Å²) in [6.45, 7) is 3.93. The van der Waals surface area contributed by atoms with Crippen LogP contribution in [0.3, 0.4) is 0 Å².